The first kappa shape index (κ1) is 102. The molecule has 27 unspecified atom stereocenters. The maximum Gasteiger partial charge on any atom is 0.0603 e. The highest BCUT2D eigenvalue weighted by molar-refractivity contribution is 5.14. The van der Waals surface area contributed by atoms with E-state index in [0.29, 0.717) is 18.5 Å². The summed E-state index contributed by atoms with van der Waals surface area (Å²) < 4.78 is 0. The van der Waals surface area contributed by atoms with Crippen LogP contribution >= 0.6 is 0 Å². The van der Waals surface area contributed by atoms with Crippen molar-refractivity contribution in [2.45, 2.75) is 562 Å². The standard InChI is InChI=1S/C72H120N4.C66H110N4/c1-3-15-47(16-4-1)55-39-41-67-73-65(45-75(67)43-55)49-27-31-51(32-28-49)69-57-19-7-11-23-61(57)71(62-24-12-8-20-58(62)69)53-35-37-54(38-36-53)72-63-25-13-9-21-59(63)70(60-22-10-14-26-64(60)72)52-33-29-50(30-34-52)66-46-76-44-56(40-42-68(76)74-66)48-17-5-2-6-18-48;1-2-14-43(15-3-1)50-37-39-70-42-60(68-62(70)40-50)45-27-31-47(32-28-45)64-53-18-6-10-22-57(53)66(58-23-11-7-19-54(58)64)49-35-33-48(34-36-49)65-55-20-8-4-16-51(55)63(52-17-5-9-21-56(52)65)46-29-25-44(26-30-46)59-41-69-38-13-12-24-61(69)67-59/h47-74H,1-46H2;43-68H,1-42H2. The summed E-state index contributed by atoms with van der Waals surface area (Å²) in [5, 5.41) is 17.2. The molecule has 4 N–H and O–H groups in total. The third-order valence-corrected chi connectivity index (χ3v) is 57.5. The molecule has 0 aromatic carbocycles. The smallest absolute Gasteiger partial charge is 0.0603 e. The lowest BCUT2D eigenvalue weighted by molar-refractivity contribution is -0.129. The minimum absolute atomic E-state index is 0.712. The molecule has 0 amide bonds. The molecule has 21 aliphatic carbocycles. The molecule has 0 aromatic rings. The molecule has 29 fully saturated rings. The highest BCUT2D eigenvalue weighted by atomic mass is 15.4. The average molecular weight is 2000 g/mol. The van der Waals surface area contributed by atoms with Gasteiger partial charge < -0.3 is 0 Å². The minimum atomic E-state index is 0.712. The fourth-order valence-corrected chi connectivity index (χ4v) is 52.0. The van der Waals surface area contributed by atoms with Crippen molar-refractivity contribution >= 4 is 0 Å². The molecule has 146 heavy (non-hydrogen) atoms. The SMILES string of the molecule is C1CCC(C2CCC3NC(C4CCC(C5C6CCCCC6C(C6CCC(C7C8CCCCC8C(C8CCC(C9CN%10CC(C%11CCCCC%11)CCC%10N9)CC8)C8CCCCC87)CC6)C6CCCCC65)CC4)CN3C2)CC1.C1CCC(C2CCN3CC(C4CCC(C5C6CCCCC6C(C6CCC(C7C8CCCCC8C(C8CCC(C9CN%10CCCCC%10N9)CC8)C8CCCCC87)CC6)C6CCCCC65)CC4)NC3C2)CC1. The van der Waals surface area contributed by atoms with Crippen molar-refractivity contribution in [2.24, 2.45) is 249 Å². The van der Waals surface area contributed by atoms with Gasteiger partial charge in [-0.25, -0.2) is 0 Å². The largest absolute Gasteiger partial charge is 0.297 e. The number of nitrogens with one attached hydrogen (secondary N) is 4. The van der Waals surface area contributed by atoms with E-state index in [4.69, 9.17) is 0 Å². The third-order valence-electron chi connectivity index (χ3n) is 57.5. The Balaban J connectivity index is 0.000000142. The lowest BCUT2D eigenvalue weighted by Crippen LogP contribution is -2.55. The van der Waals surface area contributed by atoms with Crippen LogP contribution in [0.25, 0.3) is 0 Å². The number of hydrogen-bond donors (Lipinski definition) is 4. The van der Waals surface area contributed by atoms with Gasteiger partial charge in [0.05, 0.1) is 24.7 Å². The number of nitrogens with zero attached hydrogens (tertiary/aromatic N) is 4. The number of piperidine rings is 4. The van der Waals surface area contributed by atoms with Gasteiger partial charge in [0, 0.05) is 63.4 Å². The fraction of sp³-hybridized carbons (Fsp3) is 1.00. The Morgan fingerprint density at radius 2 is 0.295 bits per heavy atom. The molecule has 29 rings (SSSR count). The summed E-state index contributed by atoms with van der Waals surface area (Å²) in [5.74, 6) is 45.0. The Labute approximate surface area is 898 Å². The van der Waals surface area contributed by atoms with Gasteiger partial charge in [-0.15, -0.1) is 0 Å². The van der Waals surface area contributed by atoms with Crippen molar-refractivity contribution in [1.82, 2.24) is 40.9 Å². The molecule has 822 valence electrons. The van der Waals surface area contributed by atoms with Crippen molar-refractivity contribution in [2.75, 3.05) is 52.4 Å². The Bertz CT molecular complexity index is 3790. The first-order valence-corrected chi connectivity index (χ1v) is 70.4. The van der Waals surface area contributed by atoms with E-state index in [9.17, 15) is 0 Å². The van der Waals surface area contributed by atoms with Crippen LogP contribution in [0.4, 0.5) is 0 Å². The molecule has 8 saturated heterocycles. The highest BCUT2D eigenvalue weighted by Crippen LogP contribution is 2.71. The second-order valence-corrected chi connectivity index (χ2v) is 62.8. The van der Waals surface area contributed by atoms with Crippen LogP contribution in [0.1, 0.15) is 514 Å². The molecule has 29 aliphatic rings. The second kappa shape index (κ2) is 46.4. The van der Waals surface area contributed by atoms with Gasteiger partial charge in [-0.05, 0) is 576 Å². The number of rotatable bonds is 15. The van der Waals surface area contributed by atoms with E-state index in [0.717, 1.165) is 279 Å². The van der Waals surface area contributed by atoms with Crippen molar-refractivity contribution in [3.8, 4) is 0 Å². The summed E-state index contributed by atoms with van der Waals surface area (Å²) in [6.07, 6.45) is 128. The van der Waals surface area contributed by atoms with Gasteiger partial charge in [0.2, 0.25) is 0 Å². The van der Waals surface area contributed by atoms with Crippen LogP contribution in [0.5, 0.6) is 0 Å². The van der Waals surface area contributed by atoms with Crippen LogP contribution in [0.2, 0.25) is 0 Å². The first-order valence-electron chi connectivity index (χ1n) is 70.4. The van der Waals surface area contributed by atoms with Crippen molar-refractivity contribution in [3.63, 3.8) is 0 Å². The predicted octanol–water partition coefficient (Wildman–Crippen LogP) is 32.8. The van der Waals surface area contributed by atoms with Crippen LogP contribution in [-0.4, -0.2) is 121 Å². The lowest BCUT2D eigenvalue weighted by atomic mass is 9.43. The Morgan fingerprint density at radius 1 is 0.110 bits per heavy atom. The second-order valence-electron chi connectivity index (χ2n) is 62.8. The normalized spacial score (nSPS) is 52.5. The highest BCUT2D eigenvalue weighted by Gasteiger charge is 2.64. The molecule has 0 spiro atoms. The van der Waals surface area contributed by atoms with Crippen LogP contribution in [0.15, 0.2) is 0 Å². The van der Waals surface area contributed by atoms with Gasteiger partial charge in [0.1, 0.15) is 0 Å². The number of fused-ring (bicyclic) bond motifs is 12. The van der Waals surface area contributed by atoms with Crippen LogP contribution in [-0.2, 0) is 0 Å². The van der Waals surface area contributed by atoms with Gasteiger partial charge in [0.15, 0.2) is 0 Å². The molecule has 0 bridgehead atoms. The monoisotopic (exact) mass is 2000 g/mol. The summed E-state index contributed by atoms with van der Waals surface area (Å²) >= 11 is 0. The van der Waals surface area contributed by atoms with Crippen molar-refractivity contribution in [1.29, 1.82) is 0 Å². The maximum absolute atomic E-state index is 4.36. The predicted molar refractivity (Wildman–Crippen MR) is 605 cm³/mol. The molecule has 8 heteroatoms. The molecule has 0 radical (unpaired) electrons. The van der Waals surface area contributed by atoms with E-state index in [-0.39, 0.29) is 0 Å². The van der Waals surface area contributed by atoms with Crippen LogP contribution in [0, 0.1) is 249 Å². The van der Waals surface area contributed by atoms with Crippen molar-refractivity contribution < 1.29 is 0 Å². The number of hydrogen-bond acceptors (Lipinski definition) is 8. The molecule has 27 atom stereocenters. The molecule has 8 nitrogen and oxygen atoms in total. The summed E-state index contributed by atoms with van der Waals surface area (Å²) in [6, 6.07) is 3.18. The third kappa shape index (κ3) is 20.5. The van der Waals surface area contributed by atoms with Gasteiger partial charge in [-0.2, -0.15) is 0 Å². The van der Waals surface area contributed by atoms with E-state index >= 15 is 0 Å². The zero-order valence-electron chi connectivity index (χ0n) is 94.9. The summed E-state index contributed by atoms with van der Waals surface area (Å²) in [6.45, 7) is 11.1. The van der Waals surface area contributed by atoms with E-state index in [1.165, 1.54) is 168 Å². The van der Waals surface area contributed by atoms with E-state index in [1.54, 1.807) is 398 Å². The zero-order chi connectivity index (χ0) is 96.2. The zero-order valence-corrected chi connectivity index (χ0v) is 94.9. The van der Waals surface area contributed by atoms with Gasteiger partial charge in [-0.3, -0.25) is 40.9 Å². The summed E-state index contributed by atoms with van der Waals surface area (Å²) in [5.41, 5.74) is 0. The van der Waals surface area contributed by atoms with Crippen molar-refractivity contribution in [3.05, 3.63) is 0 Å². The molecular weight excluding hydrogens is 1770 g/mol. The summed E-state index contributed by atoms with van der Waals surface area (Å²) in [4.78, 5) is 11.7. The average Bonchev–Trinajstić information content (AvgIpc) is 1.01. The Kier molecular flexibility index (Phi) is 32.5. The maximum atomic E-state index is 4.36. The van der Waals surface area contributed by atoms with E-state index < -0.39 is 0 Å². The molecule has 8 aliphatic heterocycles. The van der Waals surface area contributed by atoms with Gasteiger partial charge >= 0.3 is 0 Å². The topological polar surface area (TPSA) is 61.1 Å². The Hall–Kier alpha value is -0.320. The van der Waals surface area contributed by atoms with Gasteiger partial charge in [-0.1, -0.05) is 199 Å². The fourth-order valence-electron chi connectivity index (χ4n) is 52.0. The van der Waals surface area contributed by atoms with Crippen LogP contribution < -0.4 is 21.3 Å². The molecule has 0 aromatic heterocycles. The van der Waals surface area contributed by atoms with E-state index in [2.05, 4.69) is 40.9 Å². The van der Waals surface area contributed by atoms with Crippen LogP contribution in [0.3, 0.4) is 0 Å². The molecule has 8 heterocycles. The van der Waals surface area contributed by atoms with Gasteiger partial charge in [0.25, 0.3) is 0 Å². The first-order chi connectivity index (χ1) is 72.4. The minimum Gasteiger partial charge on any atom is -0.297 e. The molecule has 21 saturated carbocycles. The van der Waals surface area contributed by atoms with E-state index in [1.807, 2.05) is 0 Å². The lowest BCUT2D eigenvalue weighted by Gasteiger charge is -2.62. The summed E-state index contributed by atoms with van der Waals surface area (Å²) in [7, 11) is 0. The molecular formula is C138H230N8. The Morgan fingerprint density at radius 3 is 0.534 bits per heavy atom. The quantitative estimate of drug-likeness (QED) is 0.129.